The number of nitro groups is 1. The Morgan fingerprint density at radius 2 is 1.72 bits per heavy atom. The zero-order chi connectivity index (χ0) is 18.6. The summed E-state index contributed by atoms with van der Waals surface area (Å²) >= 11 is 10.7. The van der Waals surface area contributed by atoms with Crippen LogP contribution < -0.4 is 16.4 Å². The van der Waals surface area contributed by atoms with Gasteiger partial charge in [0.05, 0.1) is 4.92 Å². The highest BCUT2D eigenvalue weighted by Crippen LogP contribution is 2.25. The van der Waals surface area contributed by atoms with Gasteiger partial charge >= 0.3 is 0 Å². The fourth-order valence-electron chi connectivity index (χ4n) is 1.85. The first-order chi connectivity index (χ1) is 11.8. The smallest absolute Gasteiger partial charge is 0.288 e. The van der Waals surface area contributed by atoms with E-state index in [9.17, 15) is 19.7 Å². The molecule has 0 saturated heterocycles. The van der Waals surface area contributed by atoms with Crippen molar-refractivity contribution in [2.75, 3.05) is 5.32 Å². The fourth-order valence-corrected chi connectivity index (χ4v) is 2.25. The highest BCUT2D eigenvalue weighted by molar-refractivity contribution is 7.80. The number of nitrogens with one attached hydrogen (secondary N) is 2. The lowest BCUT2D eigenvalue weighted by Gasteiger charge is -2.10. The van der Waals surface area contributed by atoms with E-state index in [0.29, 0.717) is 11.3 Å². The van der Waals surface area contributed by atoms with Gasteiger partial charge in [0, 0.05) is 22.9 Å². The number of anilines is 1. The highest BCUT2D eigenvalue weighted by atomic mass is 35.5. The minimum Gasteiger partial charge on any atom is -0.366 e. The minimum absolute atomic E-state index is 0.0190. The lowest BCUT2D eigenvalue weighted by molar-refractivity contribution is -0.384. The van der Waals surface area contributed by atoms with Gasteiger partial charge in [-0.3, -0.25) is 25.0 Å². The van der Waals surface area contributed by atoms with Crippen molar-refractivity contribution in [1.82, 2.24) is 5.32 Å². The van der Waals surface area contributed by atoms with Gasteiger partial charge in [0.15, 0.2) is 5.11 Å². The Hall–Kier alpha value is -3.04. The summed E-state index contributed by atoms with van der Waals surface area (Å²) in [6, 6.07) is 9.77. The summed E-state index contributed by atoms with van der Waals surface area (Å²) in [6.07, 6.45) is 0. The van der Waals surface area contributed by atoms with Crippen LogP contribution in [0.3, 0.4) is 0 Å². The molecule has 0 saturated carbocycles. The topological polar surface area (TPSA) is 127 Å². The van der Waals surface area contributed by atoms with Crippen molar-refractivity contribution >= 4 is 52.1 Å². The maximum Gasteiger partial charge on any atom is 0.288 e. The number of hydrogen-bond donors (Lipinski definition) is 3. The molecule has 0 aliphatic carbocycles. The molecule has 2 rings (SSSR count). The molecule has 0 radical (unpaired) electrons. The monoisotopic (exact) mass is 378 g/mol. The van der Waals surface area contributed by atoms with Crippen LogP contribution in [0.4, 0.5) is 11.4 Å². The van der Waals surface area contributed by atoms with Crippen LogP contribution in [0.2, 0.25) is 5.02 Å². The van der Waals surface area contributed by atoms with E-state index in [1.54, 1.807) is 12.1 Å². The van der Waals surface area contributed by atoms with Crippen LogP contribution in [0.15, 0.2) is 42.5 Å². The van der Waals surface area contributed by atoms with Crippen LogP contribution >= 0.6 is 23.8 Å². The van der Waals surface area contributed by atoms with Crippen molar-refractivity contribution in [2.24, 2.45) is 5.73 Å². The van der Waals surface area contributed by atoms with E-state index in [1.165, 1.54) is 24.3 Å². The van der Waals surface area contributed by atoms with Crippen molar-refractivity contribution in [1.29, 1.82) is 0 Å². The van der Waals surface area contributed by atoms with E-state index in [2.05, 4.69) is 10.6 Å². The Bertz CT molecular complexity index is 870. The molecule has 0 atom stereocenters. The van der Waals surface area contributed by atoms with E-state index < -0.39 is 16.7 Å². The molecule has 4 N–H and O–H groups in total. The standard InChI is InChI=1S/C15H11ClN4O4S/c16-11-6-3-9(7-12(11)20(23)24)14(22)19-15(25)18-10-4-1-8(2-5-10)13(17)21/h1-7H,(H2,17,21)(H2,18,19,22,25). The van der Waals surface area contributed by atoms with Gasteiger partial charge in [0.2, 0.25) is 5.91 Å². The number of rotatable bonds is 4. The van der Waals surface area contributed by atoms with Crippen LogP contribution in [-0.4, -0.2) is 21.9 Å². The Balaban J connectivity index is 2.05. The van der Waals surface area contributed by atoms with Crippen LogP contribution in [0.5, 0.6) is 0 Å². The van der Waals surface area contributed by atoms with E-state index in [1.807, 2.05) is 0 Å². The maximum absolute atomic E-state index is 12.1. The van der Waals surface area contributed by atoms with Crippen molar-refractivity contribution in [2.45, 2.75) is 0 Å². The third-order valence-electron chi connectivity index (χ3n) is 3.06. The van der Waals surface area contributed by atoms with Gasteiger partial charge in [-0.2, -0.15) is 0 Å². The number of thiocarbonyl (C=S) groups is 1. The molecule has 0 fully saturated rings. The Labute approximate surface area is 152 Å². The zero-order valence-corrected chi connectivity index (χ0v) is 14.1. The average Bonchev–Trinajstić information content (AvgIpc) is 2.55. The summed E-state index contributed by atoms with van der Waals surface area (Å²) in [6.45, 7) is 0. The van der Waals surface area contributed by atoms with Gasteiger partial charge in [-0.05, 0) is 48.6 Å². The average molecular weight is 379 g/mol. The first-order valence-electron chi connectivity index (χ1n) is 6.74. The number of nitrogens with two attached hydrogens (primary N) is 1. The Morgan fingerprint density at radius 1 is 1.12 bits per heavy atom. The largest absolute Gasteiger partial charge is 0.366 e. The molecule has 2 aromatic carbocycles. The fraction of sp³-hybridized carbons (Fsp3) is 0. The Kier molecular flexibility index (Phi) is 5.63. The number of hydrogen-bond acceptors (Lipinski definition) is 5. The van der Waals surface area contributed by atoms with Crippen molar-refractivity contribution in [3.63, 3.8) is 0 Å². The lowest BCUT2D eigenvalue weighted by Crippen LogP contribution is -2.34. The second-order valence-electron chi connectivity index (χ2n) is 4.77. The zero-order valence-electron chi connectivity index (χ0n) is 12.5. The van der Waals surface area contributed by atoms with Crippen LogP contribution in [0.25, 0.3) is 0 Å². The molecule has 0 unspecified atom stereocenters. The number of primary amides is 1. The van der Waals surface area contributed by atoms with E-state index in [-0.39, 0.29) is 21.4 Å². The number of amides is 2. The summed E-state index contributed by atoms with van der Waals surface area (Å²) in [4.78, 5) is 33.3. The predicted molar refractivity (Wildman–Crippen MR) is 96.8 cm³/mol. The molecule has 25 heavy (non-hydrogen) atoms. The number of halogens is 1. The normalized spacial score (nSPS) is 9.96. The number of carbonyl (C=O) groups excluding carboxylic acids is 2. The molecule has 2 amide bonds. The van der Waals surface area contributed by atoms with E-state index in [4.69, 9.17) is 29.6 Å². The molecule has 2 aromatic rings. The minimum atomic E-state index is -0.685. The van der Waals surface area contributed by atoms with Crippen molar-refractivity contribution < 1.29 is 14.5 Å². The number of benzene rings is 2. The molecule has 8 nitrogen and oxygen atoms in total. The molecule has 0 bridgehead atoms. The molecular weight excluding hydrogens is 368 g/mol. The molecule has 0 aliphatic rings. The SMILES string of the molecule is NC(=O)c1ccc(NC(=S)NC(=O)c2ccc(Cl)c([N+](=O)[O-])c2)cc1. The summed E-state index contributed by atoms with van der Waals surface area (Å²) in [5, 5.41) is 15.9. The molecule has 10 heteroatoms. The van der Waals surface area contributed by atoms with E-state index in [0.717, 1.165) is 6.07 Å². The summed E-state index contributed by atoms with van der Waals surface area (Å²) in [5.74, 6) is -1.20. The van der Waals surface area contributed by atoms with E-state index >= 15 is 0 Å². The van der Waals surface area contributed by atoms with Gasteiger partial charge in [-0.15, -0.1) is 0 Å². The number of nitrogens with zero attached hydrogens (tertiary/aromatic N) is 1. The summed E-state index contributed by atoms with van der Waals surface area (Å²) in [7, 11) is 0. The second kappa shape index (κ2) is 7.69. The first kappa shape index (κ1) is 18.3. The van der Waals surface area contributed by atoms with Crippen molar-refractivity contribution in [3.8, 4) is 0 Å². The summed E-state index contributed by atoms with van der Waals surface area (Å²) in [5.41, 5.74) is 5.65. The van der Waals surface area contributed by atoms with Crippen LogP contribution in [-0.2, 0) is 0 Å². The van der Waals surface area contributed by atoms with Gasteiger partial charge in [0.1, 0.15) is 5.02 Å². The van der Waals surface area contributed by atoms with Gasteiger partial charge in [0.25, 0.3) is 11.6 Å². The quantitative estimate of drug-likeness (QED) is 0.426. The second-order valence-corrected chi connectivity index (χ2v) is 5.59. The number of carbonyl (C=O) groups is 2. The highest BCUT2D eigenvalue weighted by Gasteiger charge is 2.17. The molecule has 0 heterocycles. The van der Waals surface area contributed by atoms with Crippen molar-refractivity contribution in [3.05, 3.63) is 68.7 Å². The third kappa shape index (κ3) is 4.72. The van der Waals surface area contributed by atoms with Gasteiger partial charge in [-0.25, -0.2) is 0 Å². The van der Waals surface area contributed by atoms with Crippen LogP contribution in [0.1, 0.15) is 20.7 Å². The Morgan fingerprint density at radius 3 is 2.28 bits per heavy atom. The van der Waals surface area contributed by atoms with Crippen LogP contribution in [0, 0.1) is 10.1 Å². The predicted octanol–water partition coefficient (Wildman–Crippen LogP) is 2.47. The van der Waals surface area contributed by atoms with Gasteiger partial charge < -0.3 is 11.1 Å². The molecular formula is C15H11ClN4O4S. The lowest BCUT2D eigenvalue weighted by atomic mass is 10.2. The summed E-state index contributed by atoms with van der Waals surface area (Å²) < 4.78 is 0. The molecule has 0 aliphatic heterocycles. The third-order valence-corrected chi connectivity index (χ3v) is 3.58. The molecule has 0 spiro atoms. The molecule has 0 aromatic heterocycles. The van der Waals surface area contributed by atoms with Gasteiger partial charge in [-0.1, -0.05) is 11.6 Å². The number of nitro benzene ring substituents is 1. The molecule has 128 valence electrons. The maximum atomic E-state index is 12.1. The first-order valence-corrected chi connectivity index (χ1v) is 7.52.